The van der Waals surface area contributed by atoms with Crippen LogP contribution in [0.4, 0.5) is 0 Å². The fourth-order valence-corrected chi connectivity index (χ4v) is 3.76. The van der Waals surface area contributed by atoms with Crippen LogP contribution in [0.2, 0.25) is 0 Å². The monoisotopic (exact) mass is 288 g/mol. The van der Waals surface area contributed by atoms with Crippen molar-refractivity contribution in [2.24, 2.45) is 10.8 Å². The summed E-state index contributed by atoms with van der Waals surface area (Å²) in [7, 11) is 3.41. The molecule has 1 N–H and O–H groups in total. The molecule has 0 bridgehead atoms. The first-order chi connectivity index (χ1) is 8.07. The zero-order chi connectivity index (χ0) is 14.1. The molecule has 0 aromatic rings. The smallest absolute Gasteiger partial charge is 0.225 e. The van der Waals surface area contributed by atoms with Crippen molar-refractivity contribution < 1.29 is 4.79 Å². The molecule has 2 unspecified atom stereocenters. The minimum atomic E-state index is -0.0504. The molecule has 0 saturated heterocycles. The highest BCUT2D eigenvalue weighted by molar-refractivity contribution is 8.01. The van der Waals surface area contributed by atoms with Crippen molar-refractivity contribution >= 4 is 23.3 Å². The first-order valence-electron chi connectivity index (χ1n) is 6.36. The minimum Gasteiger partial charge on any atom is -0.351 e. The molecule has 1 heterocycles. The lowest BCUT2D eigenvalue weighted by Gasteiger charge is -2.38. The van der Waals surface area contributed by atoms with Gasteiger partial charge in [0.1, 0.15) is 0 Å². The van der Waals surface area contributed by atoms with Gasteiger partial charge < -0.3 is 9.99 Å². The lowest BCUT2D eigenvalue weighted by Crippen LogP contribution is -2.33. The number of hydrogen-bond donors (Lipinski definition) is 1. The molecule has 0 aliphatic carbocycles. The average Bonchev–Trinajstić information content (AvgIpc) is 2.35. The fourth-order valence-electron chi connectivity index (χ4n) is 2.17. The number of hydrogen-bond acceptors (Lipinski definition) is 2. The number of rotatable bonds is 1. The van der Waals surface area contributed by atoms with Crippen LogP contribution in [0.15, 0.2) is 11.4 Å². The van der Waals surface area contributed by atoms with Crippen LogP contribution in [0, 0.1) is 10.8 Å². The Kier molecular flexibility index (Phi) is 4.84. The third-order valence-electron chi connectivity index (χ3n) is 2.95. The van der Waals surface area contributed by atoms with Gasteiger partial charge in [-0.05, 0) is 8.42 Å². The van der Waals surface area contributed by atoms with E-state index in [-0.39, 0.29) is 16.7 Å². The number of carbonyl (C=O) groups is 1. The molecule has 1 amide bonds. The molecule has 0 spiro atoms. The summed E-state index contributed by atoms with van der Waals surface area (Å²) in [5.41, 5.74) is 2.33. The maximum absolute atomic E-state index is 11.9. The van der Waals surface area contributed by atoms with Crippen molar-refractivity contribution in [3.05, 3.63) is 11.4 Å². The van der Waals surface area contributed by atoms with E-state index >= 15 is 0 Å². The van der Waals surface area contributed by atoms with Gasteiger partial charge in [-0.3, -0.25) is 4.79 Å². The molecule has 1 rings (SSSR count). The Morgan fingerprint density at radius 1 is 1.17 bits per heavy atom. The molecule has 0 fully saturated rings. The van der Waals surface area contributed by atoms with Crippen LogP contribution in [0.3, 0.4) is 0 Å². The van der Waals surface area contributed by atoms with Gasteiger partial charge in [0.05, 0.1) is 0 Å². The van der Waals surface area contributed by atoms with Gasteiger partial charge in [-0.15, -0.1) is 0 Å². The maximum Gasteiger partial charge on any atom is 0.225 e. The minimum absolute atomic E-state index is 0.0316. The Labute approximate surface area is 115 Å². The van der Waals surface area contributed by atoms with E-state index < -0.39 is 0 Å². The van der Waals surface area contributed by atoms with Gasteiger partial charge in [0.2, 0.25) is 5.91 Å². The zero-order valence-corrected chi connectivity index (χ0v) is 14.5. The first kappa shape index (κ1) is 15.9. The molecular weight excluding hydrogens is 262 g/mol. The van der Waals surface area contributed by atoms with Crippen LogP contribution in [-0.4, -0.2) is 17.1 Å². The third-order valence-corrected chi connectivity index (χ3v) is 4.64. The number of nitrogens with one attached hydrogen (secondary N) is 1. The van der Waals surface area contributed by atoms with Gasteiger partial charge in [-0.25, -0.2) is 0 Å². The topological polar surface area (TPSA) is 32.3 Å². The Morgan fingerprint density at radius 3 is 2.11 bits per heavy atom. The molecular formula is C13H26N2OP2. The Hall–Kier alpha value is -0.130. The number of nitrogens with zero attached hydrogens (tertiary/aromatic N) is 1. The number of amides is 1. The fraction of sp³-hybridized carbons (Fsp3) is 0.769. The molecule has 18 heavy (non-hydrogen) atoms. The quantitative estimate of drug-likeness (QED) is 0.749. The lowest BCUT2D eigenvalue weighted by atomic mass is 9.82. The summed E-state index contributed by atoms with van der Waals surface area (Å²) in [5, 5.41) is 3.13. The van der Waals surface area contributed by atoms with Gasteiger partial charge >= 0.3 is 0 Å². The van der Waals surface area contributed by atoms with Crippen LogP contribution in [0.25, 0.3) is 0 Å². The van der Waals surface area contributed by atoms with Gasteiger partial charge in [0.25, 0.3) is 0 Å². The molecule has 104 valence electrons. The van der Waals surface area contributed by atoms with E-state index in [1.165, 1.54) is 5.70 Å². The van der Waals surface area contributed by atoms with Crippen LogP contribution in [-0.2, 0) is 4.79 Å². The molecule has 1 aliphatic heterocycles. The molecule has 2 atom stereocenters. The van der Waals surface area contributed by atoms with Crippen LogP contribution >= 0.6 is 17.3 Å². The SMILES string of the molecule is CC(C)(C)C1=C(C(C)(C)C)N(PP)CCC(=O)N1. The normalized spacial score (nSPS) is 19.5. The second-order valence-electron chi connectivity index (χ2n) is 6.80. The molecule has 5 heteroatoms. The van der Waals surface area contributed by atoms with Gasteiger partial charge in [0, 0.05) is 35.2 Å². The summed E-state index contributed by atoms with van der Waals surface area (Å²) in [5.74, 6) is 0.132. The average molecular weight is 288 g/mol. The van der Waals surface area contributed by atoms with Crippen LogP contribution < -0.4 is 5.32 Å². The molecule has 0 aromatic carbocycles. The van der Waals surface area contributed by atoms with E-state index in [2.05, 4.69) is 60.5 Å². The summed E-state index contributed by atoms with van der Waals surface area (Å²) in [6, 6.07) is 0. The van der Waals surface area contributed by atoms with Crippen LogP contribution in [0.1, 0.15) is 48.0 Å². The Morgan fingerprint density at radius 2 is 1.72 bits per heavy atom. The van der Waals surface area contributed by atoms with Crippen molar-refractivity contribution in [3.63, 3.8) is 0 Å². The molecule has 0 aromatic heterocycles. The summed E-state index contributed by atoms with van der Waals surface area (Å²) in [4.78, 5) is 11.9. The second-order valence-corrected chi connectivity index (χ2v) is 8.38. The van der Waals surface area contributed by atoms with E-state index in [0.29, 0.717) is 14.8 Å². The van der Waals surface area contributed by atoms with E-state index in [1.54, 1.807) is 0 Å². The van der Waals surface area contributed by atoms with Gasteiger partial charge in [-0.1, -0.05) is 50.5 Å². The zero-order valence-electron chi connectivity index (χ0n) is 12.3. The van der Waals surface area contributed by atoms with Crippen molar-refractivity contribution in [3.8, 4) is 0 Å². The second kappa shape index (κ2) is 5.47. The molecule has 0 radical (unpaired) electrons. The van der Waals surface area contributed by atoms with E-state index in [0.717, 1.165) is 12.2 Å². The molecule has 1 aliphatic rings. The van der Waals surface area contributed by atoms with Crippen molar-refractivity contribution in [1.29, 1.82) is 0 Å². The summed E-state index contributed by atoms with van der Waals surface area (Å²) in [6.45, 7) is 13.9. The highest BCUT2D eigenvalue weighted by Crippen LogP contribution is 2.44. The predicted molar refractivity (Wildman–Crippen MR) is 83.4 cm³/mol. The van der Waals surface area contributed by atoms with Crippen molar-refractivity contribution in [1.82, 2.24) is 9.99 Å². The van der Waals surface area contributed by atoms with Gasteiger partial charge in [0.15, 0.2) is 0 Å². The van der Waals surface area contributed by atoms with Gasteiger partial charge in [-0.2, -0.15) is 0 Å². The number of carbonyl (C=O) groups excluding carboxylic acids is 1. The first-order valence-corrected chi connectivity index (χ1v) is 9.12. The van der Waals surface area contributed by atoms with Crippen molar-refractivity contribution in [2.45, 2.75) is 48.0 Å². The third kappa shape index (κ3) is 3.68. The Balaban J connectivity index is 3.41. The summed E-state index contributed by atoms with van der Waals surface area (Å²) >= 11 is 0. The predicted octanol–water partition coefficient (Wildman–Crippen LogP) is 3.50. The van der Waals surface area contributed by atoms with E-state index in [1.807, 2.05) is 0 Å². The van der Waals surface area contributed by atoms with E-state index in [4.69, 9.17) is 0 Å². The van der Waals surface area contributed by atoms with Crippen molar-refractivity contribution in [2.75, 3.05) is 6.54 Å². The number of allylic oxidation sites excluding steroid dienone is 2. The molecule has 0 saturated carbocycles. The summed E-state index contributed by atoms with van der Waals surface area (Å²) < 4.78 is 2.34. The maximum atomic E-state index is 11.9. The van der Waals surface area contributed by atoms with Crippen LogP contribution in [0.5, 0.6) is 0 Å². The lowest BCUT2D eigenvalue weighted by molar-refractivity contribution is -0.120. The largest absolute Gasteiger partial charge is 0.351 e. The standard InChI is InChI=1S/C13H26N2OP2/c1-12(2,3)10-11(13(4,5)6)15(18-17)8-7-9(16)14-10/h18H,7-8,17H2,1-6H3,(H,14,16). The van der Waals surface area contributed by atoms with E-state index in [9.17, 15) is 4.79 Å². The Bertz CT molecular complexity index is 364. The highest BCUT2D eigenvalue weighted by Gasteiger charge is 2.34. The molecule has 3 nitrogen and oxygen atoms in total. The highest BCUT2D eigenvalue weighted by atomic mass is 32.0. The summed E-state index contributed by atoms with van der Waals surface area (Å²) in [6.07, 6.45) is 0.570.